The van der Waals surface area contributed by atoms with Crippen LogP contribution in [0.25, 0.3) is 0 Å². The normalized spacial score (nSPS) is 11.4. The fourth-order valence-electron chi connectivity index (χ4n) is 0.483. The summed E-state index contributed by atoms with van der Waals surface area (Å²) in [4.78, 5) is 33.1. The molecule has 0 aliphatic rings. The Labute approximate surface area is 101 Å². The van der Waals surface area contributed by atoms with Crippen molar-refractivity contribution in [1.82, 2.24) is 0 Å². The van der Waals surface area contributed by atoms with Crippen LogP contribution < -0.4 is 0 Å². The summed E-state index contributed by atoms with van der Waals surface area (Å²) >= 11 is 0. The van der Waals surface area contributed by atoms with E-state index in [0.717, 1.165) is 0 Å². The van der Waals surface area contributed by atoms with Crippen LogP contribution in [0, 0.1) is 0 Å². The van der Waals surface area contributed by atoms with E-state index < -0.39 is 27.5 Å². The summed E-state index contributed by atoms with van der Waals surface area (Å²) in [6.45, 7) is 0. The topological polar surface area (TPSA) is 115 Å². The van der Waals surface area contributed by atoms with Gasteiger partial charge in [-0.2, -0.15) is 0 Å². The number of hydrogen-bond donors (Lipinski definition) is 4. The maximum Gasteiger partial charge on any atom is 0.325 e. The summed E-state index contributed by atoms with van der Waals surface area (Å²) in [5, 5.41) is 0. The zero-order valence-corrected chi connectivity index (χ0v) is 14.8. The van der Waals surface area contributed by atoms with Gasteiger partial charge in [-0.25, -0.2) is 0 Å². The van der Waals surface area contributed by atoms with Gasteiger partial charge in [-0.05, 0) is 6.42 Å². The van der Waals surface area contributed by atoms with Crippen LogP contribution in [-0.2, 0) is 48.1 Å². The van der Waals surface area contributed by atoms with Crippen molar-refractivity contribution < 1.29 is 67.7 Å². The minimum atomic E-state index is -4.10. The van der Waals surface area contributed by atoms with Gasteiger partial charge in [-0.1, -0.05) is 0 Å². The van der Waals surface area contributed by atoms with Crippen molar-refractivity contribution in [2.24, 2.45) is 0 Å². The molecule has 0 heterocycles. The Bertz CT molecular complexity index is 186. The first-order valence-electron chi connectivity index (χ1n) is 2.80. The molecule has 0 unspecified atom stereocenters. The Morgan fingerprint density at radius 3 is 1.15 bits per heavy atom. The third-order valence-electron chi connectivity index (χ3n) is 0.899. The SMILES string of the molecule is O=P(O)(O)CCCP(=O)(O)O.[Zn].[Zn]. The van der Waals surface area contributed by atoms with E-state index in [-0.39, 0.29) is 45.4 Å². The van der Waals surface area contributed by atoms with E-state index in [2.05, 4.69) is 0 Å². The molecule has 0 aliphatic carbocycles. The Hall–Kier alpha value is 1.55. The van der Waals surface area contributed by atoms with Crippen molar-refractivity contribution >= 4 is 15.2 Å². The molecule has 4 N–H and O–H groups in total. The number of hydrogen-bond acceptors (Lipinski definition) is 2. The molecule has 10 heteroatoms. The second-order valence-electron chi connectivity index (χ2n) is 2.13. The molecular formula is C3H10O6P2Zn2. The summed E-state index contributed by atoms with van der Waals surface area (Å²) in [5.41, 5.74) is 0. The molecule has 72 valence electrons. The van der Waals surface area contributed by atoms with Crippen molar-refractivity contribution in [1.29, 1.82) is 0 Å². The van der Waals surface area contributed by atoms with Crippen LogP contribution in [0.3, 0.4) is 0 Å². The Morgan fingerprint density at radius 1 is 0.769 bits per heavy atom. The minimum Gasteiger partial charge on any atom is -0.324 e. The van der Waals surface area contributed by atoms with Crippen molar-refractivity contribution in [3.63, 3.8) is 0 Å². The molecule has 0 rings (SSSR count). The number of rotatable bonds is 4. The van der Waals surface area contributed by atoms with E-state index in [1.807, 2.05) is 0 Å². The third-order valence-corrected chi connectivity index (χ3v) is 2.70. The van der Waals surface area contributed by atoms with E-state index in [1.165, 1.54) is 0 Å². The van der Waals surface area contributed by atoms with E-state index in [1.54, 1.807) is 0 Å². The largest absolute Gasteiger partial charge is 0.325 e. The second-order valence-corrected chi connectivity index (χ2v) is 5.68. The zero-order chi connectivity index (χ0) is 9.12. The molecular weight excluding hydrogens is 325 g/mol. The molecule has 0 amide bonds. The quantitative estimate of drug-likeness (QED) is 0.415. The molecule has 0 atom stereocenters. The van der Waals surface area contributed by atoms with E-state index in [9.17, 15) is 9.13 Å². The van der Waals surface area contributed by atoms with Crippen molar-refractivity contribution in [3.8, 4) is 0 Å². The van der Waals surface area contributed by atoms with Crippen LogP contribution in [0.15, 0.2) is 0 Å². The minimum absolute atomic E-state index is 0. The summed E-state index contributed by atoms with van der Waals surface area (Å²) in [5.74, 6) is 0. The Kier molecular flexibility index (Phi) is 12.0. The summed E-state index contributed by atoms with van der Waals surface area (Å²) in [6.07, 6.45) is -1.11. The molecule has 0 radical (unpaired) electrons. The molecule has 0 bridgehead atoms. The van der Waals surface area contributed by atoms with E-state index >= 15 is 0 Å². The molecule has 0 aliphatic heterocycles. The van der Waals surface area contributed by atoms with Crippen LogP contribution in [0.4, 0.5) is 0 Å². The third kappa shape index (κ3) is 19.8. The van der Waals surface area contributed by atoms with Gasteiger partial charge in [0.2, 0.25) is 0 Å². The van der Waals surface area contributed by atoms with Gasteiger partial charge in [0.05, 0.1) is 12.3 Å². The smallest absolute Gasteiger partial charge is 0.324 e. The van der Waals surface area contributed by atoms with Crippen LogP contribution in [0.2, 0.25) is 0 Å². The van der Waals surface area contributed by atoms with Crippen molar-refractivity contribution in [3.05, 3.63) is 0 Å². The van der Waals surface area contributed by atoms with Crippen LogP contribution in [0.1, 0.15) is 6.42 Å². The van der Waals surface area contributed by atoms with Gasteiger partial charge in [-0.3, -0.25) is 9.13 Å². The Morgan fingerprint density at radius 2 is 1.00 bits per heavy atom. The fourth-order valence-corrected chi connectivity index (χ4v) is 1.87. The molecule has 0 saturated carbocycles. The van der Waals surface area contributed by atoms with Gasteiger partial charge in [-0.15, -0.1) is 0 Å². The van der Waals surface area contributed by atoms with Crippen molar-refractivity contribution in [2.45, 2.75) is 6.42 Å². The molecule has 0 saturated heterocycles. The Balaban J connectivity index is -0.000000500. The van der Waals surface area contributed by atoms with Gasteiger partial charge >= 0.3 is 15.2 Å². The van der Waals surface area contributed by atoms with E-state index in [0.29, 0.717) is 0 Å². The van der Waals surface area contributed by atoms with Gasteiger partial charge in [0.25, 0.3) is 0 Å². The maximum absolute atomic E-state index is 10.2. The molecule has 13 heavy (non-hydrogen) atoms. The molecule has 0 aromatic carbocycles. The van der Waals surface area contributed by atoms with E-state index in [4.69, 9.17) is 19.6 Å². The van der Waals surface area contributed by atoms with Crippen LogP contribution in [-0.4, -0.2) is 31.9 Å². The second kappa shape index (κ2) is 7.79. The monoisotopic (exact) mass is 332 g/mol. The standard InChI is InChI=1S/C3H10O6P2.2Zn/c4-10(5,6)2-1-3-11(7,8)9;;/h1-3H2,(H2,4,5,6)(H2,7,8,9);;. The molecule has 0 spiro atoms. The van der Waals surface area contributed by atoms with Crippen LogP contribution in [0.5, 0.6) is 0 Å². The maximum atomic E-state index is 10.2. The van der Waals surface area contributed by atoms with Gasteiger partial charge < -0.3 is 19.6 Å². The fraction of sp³-hybridized carbons (Fsp3) is 1.00. The van der Waals surface area contributed by atoms with Gasteiger partial charge in [0, 0.05) is 39.0 Å². The predicted molar refractivity (Wildman–Crippen MR) is 38.4 cm³/mol. The first-order valence-corrected chi connectivity index (χ1v) is 6.39. The van der Waals surface area contributed by atoms with Gasteiger partial charge in [0.1, 0.15) is 0 Å². The molecule has 0 aromatic rings. The summed E-state index contributed by atoms with van der Waals surface area (Å²) in [7, 11) is -8.19. The molecule has 0 fully saturated rings. The predicted octanol–water partition coefficient (Wildman–Crippen LogP) is -0.273. The average molecular weight is 335 g/mol. The van der Waals surface area contributed by atoms with Gasteiger partial charge in [0.15, 0.2) is 0 Å². The zero-order valence-electron chi connectivity index (χ0n) is 7.04. The molecule has 6 nitrogen and oxygen atoms in total. The first kappa shape index (κ1) is 20.0. The van der Waals surface area contributed by atoms with Crippen LogP contribution >= 0.6 is 15.2 Å². The summed E-state index contributed by atoms with van der Waals surface area (Å²) in [6, 6.07) is 0. The van der Waals surface area contributed by atoms with Crippen molar-refractivity contribution in [2.75, 3.05) is 12.3 Å². The first-order chi connectivity index (χ1) is 4.71. The molecule has 0 aromatic heterocycles. The average Bonchev–Trinajstić information content (AvgIpc) is 1.55. The summed E-state index contributed by atoms with van der Waals surface area (Å²) < 4.78 is 20.3.